The molecular weight excluding hydrogens is 230 g/mol. The highest BCUT2D eigenvalue weighted by atomic mass is 16.5. The summed E-state index contributed by atoms with van der Waals surface area (Å²) < 4.78 is 5.32. The molecule has 1 aromatic rings. The van der Waals surface area contributed by atoms with E-state index in [1.807, 2.05) is 19.1 Å². The number of benzene rings is 1. The average Bonchev–Trinajstić information content (AvgIpc) is 2.37. The lowest BCUT2D eigenvalue weighted by molar-refractivity contribution is 0.0693. The zero-order chi connectivity index (χ0) is 13.0. The van der Waals surface area contributed by atoms with E-state index in [-0.39, 0.29) is 0 Å². The maximum absolute atomic E-state index is 10.9. The highest BCUT2D eigenvalue weighted by molar-refractivity contribution is 5.89. The summed E-state index contributed by atoms with van der Waals surface area (Å²) in [6.45, 7) is 4.45. The first-order chi connectivity index (χ1) is 8.66. The molecule has 4 nitrogen and oxygen atoms in total. The maximum atomic E-state index is 10.9. The van der Waals surface area contributed by atoms with Crippen LogP contribution in [0.15, 0.2) is 18.2 Å². The molecule has 1 aliphatic rings. The van der Waals surface area contributed by atoms with Crippen molar-refractivity contribution in [2.75, 3.05) is 25.1 Å². The van der Waals surface area contributed by atoms with Gasteiger partial charge in [0.1, 0.15) is 0 Å². The van der Waals surface area contributed by atoms with E-state index in [4.69, 9.17) is 9.84 Å². The lowest BCUT2D eigenvalue weighted by Crippen LogP contribution is -2.22. The molecule has 1 fully saturated rings. The van der Waals surface area contributed by atoms with Crippen molar-refractivity contribution in [2.45, 2.75) is 19.8 Å². The third-order valence-corrected chi connectivity index (χ3v) is 3.39. The van der Waals surface area contributed by atoms with Crippen molar-refractivity contribution in [2.24, 2.45) is 5.92 Å². The fraction of sp³-hybridized carbons (Fsp3) is 0.500. The van der Waals surface area contributed by atoms with Crippen LogP contribution in [0.3, 0.4) is 0 Å². The van der Waals surface area contributed by atoms with Crippen molar-refractivity contribution in [3.05, 3.63) is 29.3 Å². The van der Waals surface area contributed by atoms with Crippen LogP contribution in [-0.2, 0) is 4.74 Å². The Morgan fingerprint density at radius 3 is 2.78 bits per heavy atom. The normalized spacial score (nSPS) is 16.5. The first-order valence-corrected chi connectivity index (χ1v) is 6.32. The summed E-state index contributed by atoms with van der Waals surface area (Å²) in [4.78, 5) is 10.9. The lowest BCUT2D eigenvalue weighted by atomic mass is 10.00. The van der Waals surface area contributed by atoms with Gasteiger partial charge in [-0.25, -0.2) is 4.79 Å². The number of carboxylic acid groups (broad SMARTS) is 1. The minimum absolute atomic E-state index is 0.367. The molecule has 0 aromatic heterocycles. The number of rotatable bonds is 4. The van der Waals surface area contributed by atoms with Crippen LogP contribution in [0.4, 0.5) is 5.69 Å². The molecule has 0 saturated carbocycles. The molecule has 0 unspecified atom stereocenters. The fourth-order valence-corrected chi connectivity index (χ4v) is 2.23. The third kappa shape index (κ3) is 3.23. The van der Waals surface area contributed by atoms with E-state index in [1.165, 1.54) is 0 Å². The van der Waals surface area contributed by atoms with Crippen LogP contribution in [0, 0.1) is 12.8 Å². The summed E-state index contributed by atoms with van der Waals surface area (Å²) in [6.07, 6.45) is 2.19. The molecule has 0 radical (unpaired) electrons. The molecule has 0 bridgehead atoms. The van der Waals surface area contributed by atoms with Crippen LogP contribution in [0.2, 0.25) is 0 Å². The molecule has 0 spiro atoms. The number of aromatic carboxylic acids is 1. The van der Waals surface area contributed by atoms with Gasteiger partial charge in [-0.15, -0.1) is 0 Å². The fourth-order valence-electron chi connectivity index (χ4n) is 2.23. The number of anilines is 1. The van der Waals surface area contributed by atoms with E-state index in [0.29, 0.717) is 11.5 Å². The summed E-state index contributed by atoms with van der Waals surface area (Å²) in [6, 6.07) is 5.38. The van der Waals surface area contributed by atoms with Gasteiger partial charge in [0, 0.05) is 25.4 Å². The van der Waals surface area contributed by atoms with Gasteiger partial charge < -0.3 is 15.2 Å². The molecule has 2 N–H and O–H groups in total. The Kier molecular flexibility index (Phi) is 4.20. The van der Waals surface area contributed by atoms with Crippen LogP contribution < -0.4 is 5.32 Å². The Balaban J connectivity index is 1.93. The van der Waals surface area contributed by atoms with Gasteiger partial charge in [-0.3, -0.25) is 0 Å². The van der Waals surface area contributed by atoms with Gasteiger partial charge in [-0.05, 0) is 49.4 Å². The van der Waals surface area contributed by atoms with Crippen LogP contribution in [0.1, 0.15) is 28.8 Å². The molecule has 18 heavy (non-hydrogen) atoms. The number of carbonyl (C=O) groups is 1. The number of aryl methyl sites for hydroxylation is 1. The summed E-state index contributed by atoms with van der Waals surface area (Å²) >= 11 is 0. The molecule has 1 heterocycles. The molecule has 1 aliphatic heterocycles. The van der Waals surface area contributed by atoms with Crippen molar-refractivity contribution < 1.29 is 14.6 Å². The van der Waals surface area contributed by atoms with Crippen LogP contribution in [0.25, 0.3) is 0 Å². The molecule has 4 heteroatoms. The van der Waals surface area contributed by atoms with Crippen molar-refractivity contribution in [1.29, 1.82) is 0 Å². The third-order valence-electron chi connectivity index (χ3n) is 3.39. The minimum Gasteiger partial charge on any atom is -0.478 e. The first kappa shape index (κ1) is 12.9. The summed E-state index contributed by atoms with van der Waals surface area (Å²) in [5.41, 5.74) is 2.15. The second-order valence-electron chi connectivity index (χ2n) is 4.77. The summed E-state index contributed by atoms with van der Waals surface area (Å²) in [5.74, 6) is -0.221. The predicted octanol–water partition coefficient (Wildman–Crippen LogP) is 2.53. The molecule has 2 rings (SSSR count). The van der Waals surface area contributed by atoms with Crippen LogP contribution in [-0.4, -0.2) is 30.8 Å². The number of hydrogen-bond donors (Lipinski definition) is 2. The summed E-state index contributed by atoms with van der Waals surface area (Å²) in [7, 11) is 0. The Hall–Kier alpha value is -1.55. The number of ether oxygens (including phenoxy) is 1. The Labute approximate surface area is 107 Å². The molecule has 98 valence electrons. The van der Waals surface area contributed by atoms with E-state index >= 15 is 0 Å². The molecular formula is C14H19NO3. The van der Waals surface area contributed by atoms with Gasteiger partial charge in [0.25, 0.3) is 0 Å². The molecule has 1 aromatic carbocycles. The highest BCUT2D eigenvalue weighted by Crippen LogP contribution is 2.18. The van der Waals surface area contributed by atoms with Crippen molar-refractivity contribution in [3.63, 3.8) is 0 Å². The monoisotopic (exact) mass is 249 g/mol. The topological polar surface area (TPSA) is 58.6 Å². The van der Waals surface area contributed by atoms with Gasteiger partial charge in [-0.1, -0.05) is 0 Å². The molecule has 1 saturated heterocycles. The van der Waals surface area contributed by atoms with E-state index in [2.05, 4.69) is 5.32 Å². The Morgan fingerprint density at radius 2 is 2.17 bits per heavy atom. The van der Waals surface area contributed by atoms with E-state index in [9.17, 15) is 4.79 Å². The van der Waals surface area contributed by atoms with Gasteiger partial charge in [0.15, 0.2) is 0 Å². The number of nitrogens with one attached hydrogen (secondary N) is 1. The van der Waals surface area contributed by atoms with Crippen molar-refractivity contribution >= 4 is 11.7 Å². The average molecular weight is 249 g/mol. The zero-order valence-electron chi connectivity index (χ0n) is 10.6. The van der Waals surface area contributed by atoms with Crippen molar-refractivity contribution in [1.82, 2.24) is 0 Å². The molecule has 0 amide bonds. The van der Waals surface area contributed by atoms with Gasteiger partial charge in [0.05, 0.1) is 5.56 Å². The van der Waals surface area contributed by atoms with Gasteiger partial charge >= 0.3 is 5.97 Å². The predicted molar refractivity (Wildman–Crippen MR) is 70.2 cm³/mol. The van der Waals surface area contributed by atoms with Gasteiger partial charge in [0.2, 0.25) is 0 Å². The largest absolute Gasteiger partial charge is 0.478 e. The van der Waals surface area contributed by atoms with E-state index in [0.717, 1.165) is 43.9 Å². The second kappa shape index (κ2) is 5.87. The van der Waals surface area contributed by atoms with Crippen molar-refractivity contribution in [3.8, 4) is 0 Å². The van der Waals surface area contributed by atoms with Crippen LogP contribution in [0.5, 0.6) is 0 Å². The number of hydrogen-bond acceptors (Lipinski definition) is 3. The second-order valence-corrected chi connectivity index (χ2v) is 4.77. The quantitative estimate of drug-likeness (QED) is 0.861. The Bertz CT molecular complexity index is 425. The standard InChI is InChI=1S/C14H19NO3/c1-10-8-12(2-3-13(10)14(16)17)15-9-11-4-6-18-7-5-11/h2-3,8,11,15H,4-7,9H2,1H3,(H,16,17). The van der Waals surface area contributed by atoms with Crippen LogP contribution >= 0.6 is 0 Å². The van der Waals surface area contributed by atoms with E-state index < -0.39 is 5.97 Å². The summed E-state index contributed by atoms with van der Waals surface area (Å²) in [5, 5.41) is 12.3. The van der Waals surface area contributed by atoms with Gasteiger partial charge in [-0.2, -0.15) is 0 Å². The highest BCUT2D eigenvalue weighted by Gasteiger charge is 2.13. The first-order valence-electron chi connectivity index (χ1n) is 6.32. The Morgan fingerprint density at radius 1 is 1.44 bits per heavy atom. The maximum Gasteiger partial charge on any atom is 0.335 e. The van der Waals surface area contributed by atoms with E-state index in [1.54, 1.807) is 6.07 Å². The zero-order valence-corrected chi connectivity index (χ0v) is 10.6. The smallest absolute Gasteiger partial charge is 0.335 e. The molecule has 0 aliphatic carbocycles. The molecule has 0 atom stereocenters. The minimum atomic E-state index is -0.872. The lowest BCUT2D eigenvalue weighted by Gasteiger charge is -2.22. The SMILES string of the molecule is Cc1cc(NCC2CCOCC2)ccc1C(=O)O. The number of carboxylic acids is 1.